The summed E-state index contributed by atoms with van der Waals surface area (Å²) in [5.74, 6) is 6.76. The molecule has 2 unspecified atom stereocenters. The maximum Gasteiger partial charge on any atom is 0.119 e. The third kappa shape index (κ3) is 2.67. The van der Waals surface area contributed by atoms with Crippen molar-refractivity contribution in [1.29, 1.82) is 0 Å². The summed E-state index contributed by atoms with van der Waals surface area (Å²) in [6.45, 7) is 8.48. The van der Waals surface area contributed by atoms with E-state index >= 15 is 0 Å². The summed E-state index contributed by atoms with van der Waals surface area (Å²) in [6, 6.07) is 8.93. The molecule has 0 saturated carbocycles. The van der Waals surface area contributed by atoms with E-state index in [0.29, 0.717) is 12.6 Å². The molecule has 2 atom stereocenters. The van der Waals surface area contributed by atoms with E-state index in [9.17, 15) is 0 Å². The lowest BCUT2D eigenvalue weighted by Gasteiger charge is -2.50. The second-order valence-corrected chi connectivity index (χ2v) is 5.55. The fraction of sp³-hybridized carbons (Fsp3) is 0.600. The summed E-state index contributed by atoms with van der Waals surface area (Å²) in [6.07, 6.45) is 0. The van der Waals surface area contributed by atoms with Crippen LogP contribution >= 0.6 is 0 Å². The molecule has 20 heavy (non-hydrogen) atoms. The van der Waals surface area contributed by atoms with Crippen LogP contribution in [-0.4, -0.2) is 55.2 Å². The second kappa shape index (κ2) is 6.10. The van der Waals surface area contributed by atoms with Crippen LogP contribution in [0.25, 0.3) is 0 Å². The molecule has 3 saturated heterocycles. The largest absolute Gasteiger partial charge is 0.494 e. The molecular weight excluding hydrogens is 252 g/mol. The van der Waals surface area contributed by atoms with Gasteiger partial charge < -0.3 is 4.74 Å². The van der Waals surface area contributed by atoms with Gasteiger partial charge in [0.2, 0.25) is 0 Å². The molecule has 110 valence electrons. The van der Waals surface area contributed by atoms with Gasteiger partial charge in [-0.1, -0.05) is 12.1 Å². The monoisotopic (exact) mass is 276 g/mol. The summed E-state index contributed by atoms with van der Waals surface area (Å²) in [7, 11) is 0. The van der Waals surface area contributed by atoms with Gasteiger partial charge in [0, 0.05) is 38.8 Å². The predicted molar refractivity (Wildman–Crippen MR) is 79.5 cm³/mol. The Balaban J connectivity index is 1.75. The van der Waals surface area contributed by atoms with Crippen molar-refractivity contribution in [3.63, 3.8) is 0 Å². The van der Waals surface area contributed by atoms with Gasteiger partial charge >= 0.3 is 0 Å². The number of hydrogen-bond acceptors (Lipinski definition) is 5. The van der Waals surface area contributed by atoms with Crippen molar-refractivity contribution in [2.45, 2.75) is 19.0 Å². The van der Waals surface area contributed by atoms with E-state index in [1.54, 1.807) is 0 Å². The minimum Gasteiger partial charge on any atom is -0.494 e. The molecule has 3 heterocycles. The van der Waals surface area contributed by atoms with Crippen LogP contribution in [0, 0.1) is 0 Å². The van der Waals surface area contributed by atoms with Gasteiger partial charge in [-0.05, 0) is 24.6 Å². The summed E-state index contributed by atoms with van der Waals surface area (Å²) in [4.78, 5) is 5.09. The van der Waals surface area contributed by atoms with E-state index in [2.05, 4.69) is 27.4 Å². The average Bonchev–Trinajstić information content (AvgIpc) is 2.51. The summed E-state index contributed by atoms with van der Waals surface area (Å²) in [5.41, 5.74) is 4.25. The molecule has 3 aliphatic rings. The maximum atomic E-state index is 5.84. The van der Waals surface area contributed by atoms with Gasteiger partial charge in [-0.3, -0.25) is 21.1 Å². The van der Waals surface area contributed by atoms with E-state index < -0.39 is 0 Å². The molecule has 1 aromatic rings. The zero-order chi connectivity index (χ0) is 13.9. The Bertz CT molecular complexity index is 428. The fourth-order valence-corrected chi connectivity index (χ4v) is 3.34. The molecular formula is C15H24N4O. The molecule has 0 aliphatic carbocycles. The van der Waals surface area contributed by atoms with Crippen molar-refractivity contribution in [3.8, 4) is 5.75 Å². The summed E-state index contributed by atoms with van der Waals surface area (Å²) in [5, 5.41) is 0. The number of nitrogens with one attached hydrogen (secondary N) is 1. The topological polar surface area (TPSA) is 53.8 Å². The number of nitrogens with two attached hydrogens (primary N) is 1. The van der Waals surface area contributed by atoms with Crippen molar-refractivity contribution < 1.29 is 4.74 Å². The van der Waals surface area contributed by atoms with Gasteiger partial charge in [0.05, 0.1) is 12.6 Å². The molecule has 3 aliphatic heterocycles. The number of piperazine rings is 3. The fourth-order valence-electron chi connectivity index (χ4n) is 3.34. The van der Waals surface area contributed by atoms with Gasteiger partial charge in [0.25, 0.3) is 0 Å². The molecule has 0 aromatic heterocycles. The van der Waals surface area contributed by atoms with E-state index in [1.165, 1.54) is 18.7 Å². The molecule has 3 fully saturated rings. The van der Waals surface area contributed by atoms with Gasteiger partial charge in [-0.25, -0.2) is 0 Å². The Labute approximate surface area is 120 Å². The molecule has 5 nitrogen and oxygen atoms in total. The van der Waals surface area contributed by atoms with Gasteiger partial charge in [0.1, 0.15) is 5.75 Å². The number of fused-ring (bicyclic) bond motifs is 3. The smallest absolute Gasteiger partial charge is 0.119 e. The highest BCUT2D eigenvalue weighted by atomic mass is 16.5. The van der Waals surface area contributed by atoms with E-state index in [4.69, 9.17) is 10.6 Å². The molecule has 4 rings (SSSR count). The van der Waals surface area contributed by atoms with Gasteiger partial charge in [-0.15, -0.1) is 0 Å². The Hall–Kier alpha value is -1.14. The van der Waals surface area contributed by atoms with E-state index in [1.807, 2.05) is 19.1 Å². The highest BCUT2D eigenvalue weighted by Crippen LogP contribution is 2.27. The Kier molecular flexibility index (Phi) is 4.21. The van der Waals surface area contributed by atoms with Crippen LogP contribution < -0.4 is 16.0 Å². The van der Waals surface area contributed by atoms with Crippen molar-refractivity contribution in [1.82, 2.24) is 15.2 Å². The highest BCUT2D eigenvalue weighted by molar-refractivity contribution is 5.30. The summed E-state index contributed by atoms with van der Waals surface area (Å²) < 4.78 is 5.50. The molecule has 5 heteroatoms. The first-order valence-electron chi connectivity index (χ1n) is 7.47. The third-order valence-corrected chi connectivity index (χ3v) is 4.44. The second-order valence-electron chi connectivity index (χ2n) is 5.55. The molecule has 0 radical (unpaired) electrons. The zero-order valence-corrected chi connectivity index (χ0v) is 12.1. The van der Waals surface area contributed by atoms with Crippen LogP contribution in [0.2, 0.25) is 0 Å². The van der Waals surface area contributed by atoms with Crippen LogP contribution in [0.3, 0.4) is 0 Å². The molecule has 0 spiro atoms. The molecule has 1 aromatic carbocycles. The zero-order valence-electron chi connectivity index (χ0n) is 12.1. The SMILES string of the molecule is CCOc1ccc(C(NN)C2CN3CCN2CC3)cc1. The standard InChI is InChI=1S/C15H24N4O/c1-2-20-13-5-3-12(4-6-13)15(17-16)14-11-18-7-9-19(14)10-8-18/h3-6,14-15,17H,2,7-11,16H2,1H3. The Morgan fingerprint density at radius 3 is 2.45 bits per heavy atom. The molecule has 2 bridgehead atoms. The minimum atomic E-state index is 0.175. The summed E-state index contributed by atoms with van der Waals surface area (Å²) >= 11 is 0. The van der Waals surface area contributed by atoms with E-state index in [0.717, 1.165) is 25.4 Å². The van der Waals surface area contributed by atoms with Crippen molar-refractivity contribution in [3.05, 3.63) is 29.8 Å². The highest BCUT2D eigenvalue weighted by Gasteiger charge is 2.36. The number of hydrogen-bond donors (Lipinski definition) is 2. The lowest BCUT2D eigenvalue weighted by atomic mass is 9.94. The lowest BCUT2D eigenvalue weighted by molar-refractivity contribution is -0.00370. The predicted octanol–water partition coefficient (Wildman–Crippen LogP) is 0.590. The van der Waals surface area contributed by atoms with Crippen molar-refractivity contribution in [2.24, 2.45) is 5.84 Å². The lowest BCUT2D eigenvalue weighted by Crippen LogP contribution is -2.64. The van der Waals surface area contributed by atoms with Crippen LogP contribution in [0.1, 0.15) is 18.5 Å². The maximum absolute atomic E-state index is 5.84. The Morgan fingerprint density at radius 1 is 1.25 bits per heavy atom. The van der Waals surface area contributed by atoms with Crippen LogP contribution in [0.4, 0.5) is 0 Å². The third-order valence-electron chi connectivity index (χ3n) is 4.44. The van der Waals surface area contributed by atoms with E-state index in [-0.39, 0.29) is 6.04 Å². The van der Waals surface area contributed by atoms with Crippen LogP contribution in [-0.2, 0) is 0 Å². The van der Waals surface area contributed by atoms with Crippen molar-refractivity contribution in [2.75, 3.05) is 39.3 Å². The van der Waals surface area contributed by atoms with Crippen LogP contribution in [0.15, 0.2) is 24.3 Å². The van der Waals surface area contributed by atoms with Crippen LogP contribution in [0.5, 0.6) is 5.75 Å². The normalized spacial score (nSPS) is 30.2. The first-order valence-corrected chi connectivity index (χ1v) is 7.47. The molecule has 3 N–H and O–H groups in total. The number of benzene rings is 1. The Morgan fingerprint density at radius 2 is 1.95 bits per heavy atom. The average molecular weight is 276 g/mol. The number of nitrogens with zero attached hydrogens (tertiary/aromatic N) is 2. The molecule has 0 amide bonds. The first-order chi connectivity index (χ1) is 9.81. The first kappa shape index (κ1) is 13.8. The van der Waals surface area contributed by atoms with Gasteiger partial charge in [-0.2, -0.15) is 0 Å². The quantitative estimate of drug-likeness (QED) is 0.609. The number of ether oxygens (including phenoxy) is 1. The number of hydrazine groups is 1. The number of rotatable bonds is 5. The van der Waals surface area contributed by atoms with Crippen molar-refractivity contribution >= 4 is 0 Å². The van der Waals surface area contributed by atoms with Gasteiger partial charge in [0.15, 0.2) is 0 Å². The minimum absolute atomic E-state index is 0.175.